The van der Waals surface area contributed by atoms with E-state index in [2.05, 4.69) is 31.3 Å². The molecule has 0 saturated heterocycles. The van der Waals surface area contributed by atoms with Gasteiger partial charge in [-0.1, -0.05) is 52.7 Å². The van der Waals surface area contributed by atoms with E-state index in [0.717, 1.165) is 26.6 Å². The normalized spacial score (nSPS) is 11.6. The van der Waals surface area contributed by atoms with Gasteiger partial charge in [-0.3, -0.25) is 9.59 Å². The fraction of sp³-hybridized carbons (Fsp3) is 0.143. The van der Waals surface area contributed by atoms with Crippen LogP contribution in [0, 0.1) is 6.92 Å². The van der Waals surface area contributed by atoms with Crippen molar-refractivity contribution in [2.45, 2.75) is 26.8 Å². The molecule has 1 N–H and O–H groups in total. The number of aromatic nitrogens is 3. The number of hydrogen-bond donors (Lipinski definition) is 1. The molecule has 0 fully saturated rings. The van der Waals surface area contributed by atoms with Crippen molar-refractivity contribution in [2.75, 3.05) is 5.32 Å². The Hall–Kier alpha value is -3.75. The molecule has 0 bridgehead atoms. The second kappa shape index (κ2) is 10.3. The predicted octanol–water partition coefficient (Wildman–Crippen LogP) is 6.16. The molecule has 0 atom stereocenters. The predicted molar refractivity (Wildman–Crippen MR) is 153 cm³/mol. The number of carbonyl (C=O) groups excluding carboxylic acids is 1. The summed E-state index contributed by atoms with van der Waals surface area (Å²) in [5.41, 5.74) is 3.67. The molecule has 2 heterocycles. The quantitative estimate of drug-likeness (QED) is 0.246. The van der Waals surface area contributed by atoms with Crippen LogP contribution in [0.4, 0.5) is 5.69 Å². The molecule has 5 rings (SSSR count). The number of carbonyl (C=O) groups is 1. The van der Waals surface area contributed by atoms with Crippen molar-refractivity contribution in [2.24, 2.45) is 5.10 Å². The second-order valence-corrected chi connectivity index (χ2v) is 9.91. The van der Waals surface area contributed by atoms with Crippen LogP contribution in [0.5, 0.6) is 0 Å². The SMILES string of the molecule is CCc1nc2ccc(Br)cc2c(=O)n1N=Cc1c(C)n(CC(=O)Nc2ccc(Cl)cc2)c2ccccc12. The summed E-state index contributed by atoms with van der Waals surface area (Å²) >= 11 is 9.38. The third-order valence-corrected chi connectivity index (χ3v) is 6.95. The molecule has 0 aliphatic rings. The number of rotatable bonds is 6. The van der Waals surface area contributed by atoms with Crippen LogP contribution >= 0.6 is 27.5 Å². The van der Waals surface area contributed by atoms with E-state index >= 15 is 0 Å². The van der Waals surface area contributed by atoms with Gasteiger partial charge in [-0.15, -0.1) is 0 Å². The minimum atomic E-state index is -0.233. The fourth-order valence-corrected chi connectivity index (χ4v) is 4.85. The van der Waals surface area contributed by atoms with Gasteiger partial charge in [-0.25, -0.2) is 4.98 Å². The molecule has 7 nitrogen and oxygen atoms in total. The lowest BCUT2D eigenvalue weighted by Gasteiger charge is -2.10. The zero-order chi connectivity index (χ0) is 26.1. The van der Waals surface area contributed by atoms with Crippen molar-refractivity contribution in [1.82, 2.24) is 14.2 Å². The third kappa shape index (κ3) is 4.95. The highest BCUT2D eigenvalue weighted by atomic mass is 79.9. The Kier molecular flexibility index (Phi) is 6.95. The topological polar surface area (TPSA) is 81.3 Å². The summed E-state index contributed by atoms with van der Waals surface area (Å²) in [5.74, 6) is 0.406. The maximum atomic E-state index is 13.3. The van der Waals surface area contributed by atoms with Crippen molar-refractivity contribution < 1.29 is 4.79 Å². The zero-order valence-electron chi connectivity index (χ0n) is 20.2. The molecule has 0 unspecified atom stereocenters. The van der Waals surface area contributed by atoms with Gasteiger partial charge in [0.05, 0.1) is 17.1 Å². The summed E-state index contributed by atoms with van der Waals surface area (Å²) in [6.07, 6.45) is 2.22. The molecule has 3 aromatic carbocycles. The highest BCUT2D eigenvalue weighted by Gasteiger charge is 2.16. The molecule has 0 aliphatic carbocycles. The van der Waals surface area contributed by atoms with E-state index in [9.17, 15) is 9.59 Å². The highest BCUT2D eigenvalue weighted by molar-refractivity contribution is 9.10. The summed E-state index contributed by atoms with van der Waals surface area (Å²) in [4.78, 5) is 30.8. The molecular formula is C28H23BrClN5O2. The number of hydrogen-bond acceptors (Lipinski definition) is 4. The maximum absolute atomic E-state index is 13.3. The Labute approximate surface area is 226 Å². The van der Waals surface area contributed by atoms with E-state index in [4.69, 9.17) is 11.6 Å². The lowest BCUT2D eigenvalue weighted by molar-refractivity contribution is -0.116. The summed E-state index contributed by atoms with van der Waals surface area (Å²) in [6, 6.07) is 20.2. The lowest BCUT2D eigenvalue weighted by atomic mass is 10.1. The van der Waals surface area contributed by atoms with Crippen LogP contribution in [0.15, 0.2) is 81.1 Å². The summed E-state index contributed by atoms with van der Waals surface area (Å²) in [6.45, 7) is 4.00. The Balaban J connectivity index is 1.54. The number of fused-ring (bicyclic) bond motifs is 2. The average Bonchev–Trinajstić information content (AvgIpc) is 3.15. The van der Waals surface area contributed by atoms with Gasteiger partial charge in [0.2, 0.25) is 5.91 Å². The minimum absolute atomic E-state index is 0.120. The van der Waals surface area contributed by atoms with Gasteiger partial charge >= 0.3 is 0 Å². The van der Waals surface area contributed by atoms with E-state index in [1.807, 2.05) is 54.8 Å². The molecule has 2 aromatic heterocycles. The molecule has 186 valence electrons. The first-order valence-corrected chi connectivity index (χ1v) is 12.9. The Morgan fingerprint density at radius 3 is 2.62 bits per heavy atom. The number of anilines is 1. The van der Waals surface area contributed by atoms with E-state index < -0.39 is 0 Å². The zero-order valence-corrected chi connectivity index (χ0v) is 22.5. The van der Waals surface area contributed by atoms with Crippen LogP contribution in [0.2, 0.25) is 5.02 Å². The van der Waals surface area contributed by atoms with Gasteiger partial charge in [-0.2, -0.15) is 9.78 Å². The Morgan fingerprint density at radius 1 is 1.11 bits per heavy atom. The minimum Gasteiger partial charge on any atom is -0.335 e. The van der Waals surface area contributed by atoms with Gasteiger partial charge in [0, 0.05) is 43.8 Å². The third-order valence-electron chi connectivity index (χ3n) is 6.20. The van der Waals surface area contributed by atoms with Crippen LogP contribution in [0.25, 0.3) is 21.8 Å². The number of aryl methyl sites for hydroxylation is 1. The van der Waals surface area contributed by atoms with E-state index in [1.165, 1.54) is 4.68 Å². The van der Waals surface area contributed by atoms with Crippen molar-refractivity contribution in [1.29, 1.82) is 0 Å². The largest absolute Gasteiger partial charge is 0.335 e. The summed E-state index contributed by atoms with van der Waals surface area (Å²) < 4.78 is 4.10. The molecule has 9 heteroatoms. The first-order chi connectivity index (χ1) is 17.9. The van der Waals surface area contributed by atoms with Gasteiger partial charge in [-0.05, 0) is 55.5 Å². The number of para-hydroxylation sites is 1. The van der Waals surface area contributed by atoms with E-state index in [0.29, 0.717) is 33.9 Å². The number of nitrogens with zero attached hydrogens (tertiary/aromatic N) is 4. The number of benzene rings is 3. The van der Waals surface area contributed by atoms with Crippen molar-refractivity contribution in [3.05, 3.63) is 104 Å². The lowest BCUT2D eigenvalue weighted by Crippen LogP contribution is -2.22. The van der Waals surface area contributed by atoms with Crippen LogP contribution in [-0.2, 0) is 17.8 Å². The van der Waals surface area contributed by atoms with Crippen molar-refractivity contribution in [3.8, 4) is 0 Å². The van der Waals surface area contributed by atoms with Gasteiger partial charge in [0.25, 0.3) is 5.56 Å². The molecule has 37 heavy (non-hydrogen) atoms. The van der Waals surface area contributed by atoms with Gasteiger partial charge in [0.1, 0.15) is 12.4 Å². The van der Waals surface area contributed by atoms with Gasteiger partial charge in [0.15, 0.2) is 0 Å². The summed E-state index contributed by atoms with van der Waals surface area (Å²) in [7, 11) is 0. The monoisotopic (exact) mass is 575 g/mol. The molecule has 0 radical (unpaired) electrons. The average molecular weight is 577 g/mol. The molecule has 0 aliphatic heterocycles. The first-order valence-electron chi connectivity index (χ1n) is 11.7. The Bertz CT molecular complexity index is 1740. The number of nitrogens with one attached hydrogen (secondary N) is 1. The Morgan fingerprint density at radius 2 is 1.86 bits per heavy atom. The molecule has 0 spiro atoms. The van der Waals surface area contributed by atoms with E-state index in [-0.39, 0.29) is 18.0 Å². The van der Waals surface area contributed by atoms with E-state index in [1.54, 1.807) is 36.5 Å². The van der Waals surface area contributed by atoms with Crippen LogP contribution in [0.3, 0.4) is 0 Å². The molecular weight excluding hydrogens is 554 g/mol. The van der Waals surface area contributed by atoms with Crippen LogP contribution < -0.4 is 10.9 Å². The fourth-order valence-electron chi connectivity index (χ4n) is 4.36. The van der Waals surface area contributed by atoms with Crippen molar-refractivity contribution in [3.63, 3.8) is 0 Å². The first kappa shape index (κ1) is 24.9. The highest BCUT2D eigenvalue weighted by Crippen LogP contribution is 2.25. The smallest absolute Gasteiger partial charge is 0.282 e. The summed E-state index contributed by atoms with van der Waals surface area (Å²) in [5, 5.41) is 9.52. The molecule has 0 saturated carbocycles. The van der Waals surface area contributed by atoms with Gasteiger partial charge < -0.3 is 9.88 Å². The standard InChI is InChI=1S/C28H23BrClN5O2/c1-3-26-33-24-13-8-18(29)14-22(24)28(37)35(26)31-15-23-17(2)34(25-7-5-4-6-21(23)25)16-27(36)32-20-11-9-19(30)10-12-20/h4-15H,3,16H2,1-2H3,(H,32,36). The van der Waals surface area contributed by atoms with Crippen LogP contribution in [0.1, 0.15) is 24.0 Å². The molecule has 1 amide bonds. The van der Waals surface area contributed by atoms with Crippen molar-refractivity contribution >= 4 is 67.1 Å². The number of amides is 1. The molecule has 5 aromatic rings. The maximum Gasteiger partial charge on any atom is 0.282 e. The second-order valence-electron chi connectivity index (χ2n) is 8.56. The number of halogens is 2. The van der Waals surface area contributed by atoms with Crippen LogP contribution in [-0.4, -0.2) is 26.3 Å².